The van der Waals surface area contributed by atoms with E-state index < -0.39 is 0 Å². The number of rotatable bonds is 3. The molecule has 0 bridgehead atoms. The van der Waals surface area contributed by atoms with Crippen LogP contribution in [-0.4, -0.2) is 40.9 Å². The quantitative estimate of drug-likeness (QED) is 0.819. The Bertz CT molecular complexity index is 469. The molecule has 0 spiro atoms. The van der Waals surface area contributed by atoms with Crippen LogP contribution in [0.2, 0.25) is 0 Å². The summed E-state index contributed by atoms with van der Waals surface area (Å²) in [6.07, 6.45) is 1.90. The fraction of sp³-hybridized carbons (Fsp3) is 0.692. The normalized spacial score (nSPS) is 19.6. The molecule has 1 amide bonds. The predicted molar refractivity (Wildman–Crippen MR) is 72.9 cm³/mol. The molecule has 2 N–H and O–H groups in total. The summed E-state index contributed by atoms with van der Waals surface area (Å²) in [6, 6.07) is 0. The molecule has 1 atom stereocenters. The fourth-order valence-corrected chi connectivity index (χ4v) is 2.86. The van der Waals surface area contributed by atoms with E-state index in [4.69, 9.17) is 0 Å². The average Bonchev–Trinajstić information content (AvgIpc) is 2.71. The monoisotopic (exact) mass is 266 g/mol. The Morgan fingerprint density at radius 3 is 2.95 bits per heavy atom. The van der Waals surface area contributed by atoms with Gasteiger partial charge < -0.3 is 15.3 Å². The molecular formula is C13H22N4O2. The van der Waals surface area contributed by atoms with Crippen molar-refractivity contribution in [3.63, 3.8) is 0 Å². The molecule has 2 rings (SSSR count). The van der Waals surface area contributed by atoms with Crippen molar-refractivity contribution in [2.24, 2.45) is 13.0 Å². The molecule has 0 aliphatic carbocycles. The van der Waals surface area contributed by atoms with Crippen LogP contribution >= 0.6 is 0 Å². The third-order valence-electron chi connectivity index (χ3n) is 3.81. The highest BCUT2D eigenvalue weighted by Crippen LogP contribution is 2.28. The first-order valence-electron chi connectivity index (χ1n) is 6.68. The lowest BCUT2D eigenvalue weighted by molar-refractivity contribution is -0.124. The summed E-state index contributed by atoms with van der Waals surface area (Å²) in [7, 11) is 3.56. The number of hydrogen-bond donors (Lipinski definition) is 2. The van der Waals surface area contributed by atoms with E-state index in [-0.39, 0.29) is 18.4 Å². The number of carbonyl (C=O) groups excluding carboxylic acids is 1. The van der Waals surface area contributed by atoms with E-state index in [9.17, 15) is 9.90 Å². The largest absolute Gasteiger partial charge is 0.391 e. The summed E-state index contributed by atoms with van der Waals surface area (Å²) in [4.78, 5) is 13.9. The van der Waals surface area contributed by atoms with Gasteiger partial charge in [-0.1, -0.05) is 0 Å². The molecule has 0 radical (unpaired) electrons. The van der Waals surface area contributed by atoms with Gasteiger partial charge in [-0.2, -0.15) is 5.10 Å². The summed E-state index contributed by atoms with van der Waals surface area (Å²) in [6.45, 7) is 3.47. The molecule has 106 valence electrons. The molecule has 0 saturated carbocycles. The van der Waals surface area contributed by atoms with Gasteiger partial charge in [-0.3, -0.25) is 9.48 Å². The van der Waals surface area contributed by atoms with Gasteiger partial charge in [0.15, 0.2) is 0 Å². The second-order valence-corrected chi connectivity index (χ2v) is 5.07. The first-order valence-corrected chi connectivity index (χ1v) is 6.68. The lowest BCUT2D eigenvalue weighted by Gasteiger charge is -2.33. The molecule has 6 nitrogen and oxygen atoms in total. The van der Waals surface area contributed by atoms with Gasteiger partial charge in [0.25, 0.3) is 0 Å². The highest BCUT2D eigenvalue weighted by molar-refractivity contribution is 5.79. The summed E-state index contributed by atoms with van der Waals surface area (Å²) in [5, 5.41) is 16.6. The Morgan fingerprint density at radius 2 is 2.32 bits per heavy atom. The zero-order chi connectivity index (χ0) is 14.0. The second-order valence-electron chi connectivity index (χ2n) is 5.07. The van der Waals surface area contributed by atoms with Gasteiger partial charge in [-0.05, 0) is 19.8 Å². The molecule has 0 aromatic carbocycles. The molecule has 1 aromatic rings. The SMILES string of the molecule is CNC(=O)C1CCCN(c2c(CO)c(C)nn2C)C1. The third-order valence-corrected chi connectivity index (χ3v) is 3.81. The minimum absolute atomic E-state index is 0.0144. The van der Waals surface area contributed by atoms with E-state index in [1.807, 2.05) is 14.0 Å². The third kappa shape index (κ3) is 2.58. The molecular weight excluding hydrogens is 244 g/mol. The lowest BCUT2D eigenvalue weighted by Crippen LogP contribution is -2.43. The van der Waals surface area contributed by atoms with E-state index in [2.05, 4.69) is 15.3 Å². The lowest BCUT2D eigenvalue weighted by atomic mass is 9.97. The molecule has 1 aromatic heterocycles. The first kappa shape index (κ1) is 13.9. The average molecular weight is 266 g/mol. The highest BCUT2D eigenvalue weighted by atomic mass is 16.3. The Labute approximate surface area is 113 Å². The molecule has 1 saturated heterocycles. The zero-order valence-corrected chi connectivity index (χ0v) is 11.8. The molecule has 19 heavy (non-hydrogen) atoms. The maximum absolute atomic E-state index is 11.8. The molecule has 1 aliphatic rings. The molecule has 1 aliphatic heterocycles. The first-order chi connectivity index (χ1) is 9.08. The summed E-state index contributed by atoms with van der Waals surface area (Å²) in [5.74, 6) is 1.04. The highest BCUT2D eigenvalue weighted by Gasteiger charge is 2.28. The fourth-order valence-electron chi connectivity index (χ4n) is 2.86. The minimum atomic E-state index is -0.0177. The Balaban J connectivity index is 2.24. The van der Waals surface area contributed by atoms with Crippen molar-refractivity contribution in [2.45, 2.75) is 26.4 Å². The van der Waals surface area contributed by atoms with Gasteiger partial charge in [0.1, 0.15) is 5.82 Å². The summed E-state index contributed by atoms with van der Waals surface area (Å²) in [5.41, 5.74) is 1.71. The topological polar surface area (TPSA) is 70.4 Å². The van der Waals surface area contributed by atoms with Crippen molar-refractivity contribution in [1.29, 1.82) is 0 Å². The van der Waals surface area contributed by atoms with Crippen LogP contribution in [0.1, 0.15) is 24.1 Å². The number of hydrogen-bond acceptors (Lipinski definition) is 4. The van der Waals surface area contributed by atoms with E-state index in [0.717, 1.165) is 36.5 Å². The van der Waals surface area contributed by atoms with Crippen LogP contribution < -0.4 is 10.2 Å². The van der Waals surface area contributed by atoms with Crippen LogP contribution in [-0.2, 0) is 18.4 Å². The van der Waals surface area contributed by atoms with Crippen molar-refractivity contribution in [2.75, 3.05) is 25.0 Å². The van der Waals surface area contributed by atoms with Gasteiger partial charge in [-0.15, -0.1) is 0 Å². The van der Waals surface area contributed by atoms with E-state index in [0.29, 0.717) is 6.54 Å². The van der Waals surface area contributed by atoms with Crippen molar-refractivity contribution < 1.29 is 9.90 Å². The number of nitrogens with zero attached hydrogens (tertiary/aromatic N) is 3. The summed E-state index contributed by atoms with van der Waals surface area (Å²) < 4.78 is 1.80. The van der Waals surface area contributed by atoms with Crippen LogP contribution in [0.15, 0.2) is 0 Å². The van der Waals surface area contributed by atoms with Crippen LogP contribution in [0.5, 0.6) is 0 Å². The molecule has 1 unspecified atom stereocenters. The molecule has 1 fully saturated rings. The van der Waals surface area contributed by atoms with Crippen molar-refractivity contribution in [1.82, 2.24) is 15.1 Å². The number of carbonyl (C=O) groups is 1. The van der Waals surface area contributed by atoms with Crippen LogP contribution in [0.25, 0.3) is 0 Å². The number of aliphatic hydroxyl groups is 1. The van der Waals surface area contributed by atoms with Gasteiger partial charge in [0.05, 0.1) is 18.2 Å². The zero-order valence-electron chi connectivity index (χ0n) is 11.8. The number of aliphatic hydroxyl groups excluding tert-OH is 1. The van der Waals surface area contributed by atoms with Crippen LogP contribution in [0.4, 0.5) is 5.82 Å². The Hall–Kier alpha value is -1.56. The maximum atomic E-state index is 11.8. The van der Waals surface area contributed by atoms with Gasteiger partial charge in [-0.25, -0.2) is 0 Å². The number of piperidine rings is 1. The summed E-state index contributed by atoms with van der Waals surface area (Å²) >= 11 is 0. The number of nitrogens with one attached hydrogen (secondary N) is 1. The predicted octanol–water partition coefficient (Wildman–Crippen LogP) is 0.183. The Morgan fingerprint density at radius 1 is 1.58 bits per heavy atom. The van der Waals surface area contributed by atoms with Gasteiger partial charge in [0.2, 0.25) is 5.91 Å². The van der Waals surface area contributed by atoms with E-state index in [1.54, 1.807) is 11.7 Å². The van der Waals surface area contributed by atoms with Gasteiger partial charge >= 0.3 is 0 Å². The van der Waals surface area contributed by atoms with Crippen molar-refractivity contribution in [3.8, 4) is 0 Å². The van der Waals surface area contributed by atoms with E-state index >= 15 is 0 Å². The van der Waals surface area contributed by atoms with Crippen molar-refractivity contribution >= 4 is 11.7 Å². The molecule has 2 heterocycles. The standard InChI is InChI=1S/C13H22N4O2/c1-9-11(8-18)13(16(3)15-9)17-6-4-5-10(7-17)12(19)14-2/h10,18H,4-8H2,1-3H3,(H,14,19). The number of amides is 1. The minimum Gasteiger partial charge on any atom is -0.391 e. The smallest absolute Gasteiger partial charge is 0.224 e. The van der Waals surface area contributed by atoms with Crippen molar-refractivity contribution in [3.05, 3.63) is 11.3 Å². The van der Waals surface area contributed by atoms with E-state index in [1.165, 1.54) is 0 Å². The Kier molecular flexibility index (Phi) is 4.09. The maximum Gasteiger partial charge on any atom is 0.224 e. The second kappa shape index (κ2) is 5.61. The number of anilines is 1. The van der Waals surface area contributed by atoms with Crippen LogP contribution in [0.3, 0.4) is 0 Å². The molecule has 6 heteroatoms. The van der Waals surface area contributed by atoms with Gasteiger partial charge in [0, 0.05) is 32.7 Å². The number of aryl methyl sites for hydroxylation is 2. The van der Waals surface area contributed by atoms with Crippen LogP contribution in [0, 0.1) is 12.8 Å². The number of aromatic nitrogens is 2.